The maximum absolute atomic E-state index is 11.5. The maximum Gasteiger partial charge on any atom is 0.224 e. The first-order valence-corrected chi connectivity index (χ1v) is 5.75. The van der Waals surface area contributed by atoms with Gasteiger partial charge in [0.25, 0.3) is 0 Å². The number of hydrogen-bond donors (Lipinski definition) is 1. The molecule has 0 aromatic heterocycles. The third-order valence-corrected chi connectivity index (χ3v) is 2.60. The third kappa shape index (κ3) is 4.05. The Labute approximate surface area is 107 Å². The van der Waals surface area contributed by atoms with Crippen LogP contribution in [0.25, 0.3) is 0 Å². The molecule has 18 heavy (non-hydrogen) atoms. The average molecular weight is 246 g/mol. The molecule has 0 saturated carbocycles. The highest BCUT2D eigenvalue weighted by molar-refractivity contribution is 5.90. The summed E-state index contributed by atoms with van der Waals surface area (Å²) in [7, 11) is 1.72. The summed E-state index contributed by atoms with van der Waals surface area (Å²) < 4.78 is 0. The lowest BCUT2D eigenvalue weighted by Gasteiger charge is -2.15. The lowest BCUT2D eigenvalue weighted by Crippen LogP contribution is -2.25. The zero-order chi connectivity index (χ0) is 13.5. The number of nitrogens with one attached hydrogen (secondary N) is 1. The molecule has 0 saturated heterocycles. The predicted molar refractivity (Wildman–Crippen MR) is 72.4 cm³/mol. The van der Waals surface area contributed by atoms with Gasteiger partial charge in [-0.1, -0.05) is 18.2 Å². The molecule has 4 heteroatoms. The van der Waals surface area contributed by atoms with Gasteiger partial charge in [-0.2, -0.15) is 0 Å². The minimum absolute atomic E-state index is 0.0218. The molecule has 0 atom stereocenters. The van der Waals surface area contributed by atoms with Crippen LogP contribution in [0.5, 0.6) is 0 Å². The lowest BCUT2D eigenvalue weighted by molar-refractivity contribution is -0.120. The normalized spacial score (nSPS) is 9.67. The van der Waals surface area contributed by atoms with Crippen LogP contribution in [-0.2, 0) is 16.0 Å². The smallest absolute Gasteiger partial charge is 0.224 e. The summed E-state index contributed by atoms with van der Waals surface area (Å²) in [5.74, 6) is -0.0611. The van der Waals surface area contributed by atoms with Gasteiger partial charge in [-0.3, -0.25) is 9.59 Å². The van der Waals surface area contributed by atoms with Gasteiger partial charge in [0.15, 0.2) is 0 Å². The van der Waals surface area contributed by atoms with Crippen molar-refractivity contribution >= 4 is 17.5 Å². The summed E-state index contributed by atoms with van der Waals surface area (Å²) in [6, 6.07) is 7.36. The molecule has 4 nitrogen and oxygen atoms in total. The van der Waals surface area contributed by atoms with E-state index in [0.717, 1.165) is 11.3 Å². The number of carbonyl (C=O) groups excluding carboxylic acids is 2. The van der Waals surface area contributed by atoms with Gasteiger partial charge in [-0.15, -0.1) is 6.58 Å². The SMILES string of the molecule is C=CCNC(=O)Cc1ccc(N(C)C(C)=O)cc1. The van der Waals surface area contributed by atoms with Crippen molar-refractivity contribution in [2.45, 2.75) is 13.3 Å². The fourth-order valence-corrected chi connectivity index (χ4v) is 1.45. The van der Waals surface area contributed by atoms with Gasteiger partial charge in [0, 0.05) is 26.2 Å². The molecule has 2 amide bonds. The molecule has 0 spiro atoms. The highest BCUT2D eigenvalue weighted by Crippen LogP contribution is 2.14. The van der Waals surface area contributed by atoms with Crippen molar-refractivity contribution in [2.75, 3.05) is 18.5 Å². The topological polar surface area (TPSA) is 49.4 Å². The van der Waals surface area contributed by atoms with Crippen LogP contribution in [0.15, 0.2) is 36.9 Å². The molecule has 0 heterocycles. The molecule has 0 aliphatic carbocycles. The molecule has 0 unspecified atom stereocenters. The van der Waals surface area contributed by atoms with Crippen molar-refractivity contribution in [2.24, 2.45) is 0 Å². The van der Waals surface area contributed by atoms with E-state index in [0.29, 0.717) is 13.0 Å². The third-order valence-electron chi connectivity index (χ3n) is 2.60. The van der Waals surface area contributed by atoms with Gasteiger partial charge in [-0.25, -0.2) is 0 Å². The fourth-order valence-electron chi connectivity index (χ4n) is 1.45. The van der Waals surface area contributed by atoms with E-state index in [4.69, 9.17) is 0 Å². The fraction of sp³-hybridized carbons (Fsp3) is 0.286. The maximum atomic E-state index is 11.5. The molecular weight excluding hydrogens is 228 g/mol. The molecule has 1 aromatic rings. The zero-order valence-corrected chi connectivity index (χ0v) is 10.8. The van der Waals surface area contributed by atoms with Crippen molar-refractivity contribution in [1.29, 1.82) is 0 Å². The van der Waals surface area contributed by atoms with Crippen LogP contribution in [0.1, 0.15) is 12.5 Å². The van der Waals surface area contributed by atoms with Crippen molar-refractivity contribution < 1.29 is 9.59 Å². The second kappa shape index (κ2) is 6.59. The first kappa shape index (κ1) is 14.0. The van der Waals surface area contributed by atoms with Gasteiger partial charge in [-0.05, 0) is 17.7 Å². The van der Waals surface area contributed by atoms with E-state index < -0.39 is 0 Å². The van der Waals surface area contributed by atoms with Crippen molar-refractivity contribution in [1.82, 2.24) is 5.32 Å². The van der Waals surface area contributed by atoms with E-state index in [1.54, 1.807) is 18.0 Å². The summed E-state index contributed by atoms with van der Waals surface area (Å²) in [6.07, 6.45) is 1.97. The molecule has 1 rings (SSSR count). The highest BCUT2D eigenvalue weighted by Gasteiger charge is 2.06. The number of amides is 2. The van der Waals surface area contributed by atoms with E-state index in [2.05, 4.69) is 11.9 Å². The Morgan fingerprint density at radius 3 is 2.44 bits per heavy atom. The van der Waals surface area contributed by atoms with E-state index >= 15 is 0 Å². The molecule has 1 aromatic carbocycles. The van der Waals surface area contributed by atoms with Crippen molar-refractivity contribution in [3.63, 3.8) is 0 Å². The van der Waals surface area contributed by atoms with E-state index in [9.17, 15) is 9.59 Å². The number of rotatable bonds is 5. The molecule has 0 aliphatic rings. The van der Waals surface area contributed by atoms with Crippen LogP contribution in [0.2, 0.25) is 0 Å². The Morgan fingerprint density at radius 2 is 1.94 bits per heavy atom. The number of carbonyl (C=O) groups is 2. The van der Waals surface area contributed by atoms with Gasteiger partial charge in [0.05, 0.1) is 6.42 Å². The highest BCUT2D eigenvalue weighted by atomic mass is 16.2. The van der Waals surface area contributed by atoms with Crippen LogP contribution in [-0.4, -0.2) is 25.4 Å². The molecule has 1 N–H and O–H groups in total. The van der Waals surface area contributed by atoms with E-state index in [-0.39, 0.29) is 11.8 Å². The van der Waals surface area contributed by atoms with Crippen molar-refractivity contribution in [3.05, 3.63) is 42.5 Å². The number of benzene rings is 1. The Bertz CT molecular complexity index is 438. The molecule has 0 aliphatic heterocycles. The Kier molecular flexibility index (Phi) is 5.11. The summed E-state index contributed by atoms with van der Waals surface area (Å²) in [6.45, 7) is 5.52. The Hall–Kier alpha value is -2.10. The molecule has 96 valence electrons. The van der Waals surface area contributed by atoms with Crippen LogP contribution in [0, 0.1) is 0 Å². The average Bonchev–Trinajstić information content (AvgIpc) is 2.36. The van der Waals surface area contributed by atoms with Crippen LogP contribution in [0.4, 0.5) is 5.69 Å². The van der Waals surface area contributed by atoms with Gasteiger partial charge in [0.2, 0.25) is 11.8 Å². The summed E-state index contributed by atoms with van der Waals surface area (Å²) in [4.78, 5) is 24.2. The largest absolute Gasteiger partial charge is 0.352 e. The number of anilines is 1. The van der Waals surface area contributed by atoms with Crippen LogP contribution < -0.4 is 10.2 Å². The second-order valence-electron chi connectivity index (χ2n) is 4.01. The lowest BCUT2D eigenvalue weighted by atomic mass is 10.1. The standard InChI is InChI=1S/C14H18N2O2/c1-4-9-15-14(18)10-12-5-7-13(8-6-12)16(3)11(2)17/h4-8H,1,9-10H2,2-3H3,(H,15,18). The first-order chi connectivity index (χ1) is 8.54. The molecule has 0 bridgehead atoms. The zero-order valence-electron chi connectivity index (χ0n) is 10.8. The first-order valence-electron chi connectivity index (χ1n) is 5.75. The second-order valence-corrected chi connectivity index (χ2v) is 4.01. The molecule has 0 radical (unpaired) electrons. The van der Waals surface area contributed by atoms with Crippen LogP contribution >= 0.6 is 0 Å². The predicted octanol–water partition coefficient (Wildman–Crippen LogP) is 1.51. The Balaban J connectivity index is 2.63. The van der Waals surface area contributed by atoms with Crippen molar-refractivity contribution in [3.8, 4) is 0 Å². The quantitative estimate of drug-likeness (QED) is 0.801. The summed E-state index contributed by atoms with van der Waals surface area (Å²) in [5, 5.41) is 2.71. The van der Waals surface area contributed by atoms with E-state index in [1.807, 2.05) is 24.3 Å². The number of nitrogens with zero attached hydrogens (tertiary/aromatic N) is 1. The molecular formula is C14H18N2O2. The van der Waals surface area contributed by atoms with Gasteiger partial charge in [0.1, 0.15) is 0 Å². The summed E-state index contributed by atoms with van der Waals surface area (Å²) >= 11 is 0. The van der Waals surface area contributed by atoms with Crippen LogP contribution in [0.3, 0.4) is 0 Å². The molecule has 0 fully saturated rings. The van der Waals surface area contributed by atoms with Gasteiger partial charge >= 0.3 is 0 Å². The minimum atomic E-state index is -0.0393. The van der Waals surface area contributed by atoms with E-state index in [1.165, 1.54) is 6.92 Å². The summed E-state index contributed by atoms with van der Waals surface area (Å²) in [5.41, 5.74) is 1.73. The number of hydrogen-bond acceptors (Lipinski definition) is 2. The minimum Gasteiger partial charge on any atom is -0.352 e. The Morgan fingerprint density at radius 1 is 1.33 bits per heavy atom. The monoisotopic (exact) mass is 246 g/mol. The van der Waals surface area contributed by atoms with Gasteiger partial charge < -0.3 is 10.2 Å².